The number of rotatable bonds is 5. The number of hydrogen-bond donors (Lipinski definition) is 1. The van der Waals surface area contributed by atoms with E-state index in [1.54, 1.807) is 7.05 Å². The lowest BCUT2D eigenvalue weighted by Gasteiger charge is -2.30. The van der Waals surface area contributed by atoms with Gasteiger partial charge in [0.05, 0.1) is 10.5 Å². The standard InChI is InChI=1S/C20H22F2N2O3S/c1-24(16-5-3-2-4-6-16)28(26,27)17-10-8-15(9-11-17)23-20(25)18-12-7-14(21)13-19(18)22/h7-13,16H,2-6H2,1H3,(H,23,25). The first-order chi connectivity index (χ1) is 13.3. The van der Waals surface area contributed by atoms with Crippen LogP contribution < -0.4 is 5.32 Å². The van der Waals surface area contributed by atoms with Crippen molar-refractivity contribution in [1.29, 1.82) is 0 Å². The lowest BCUT2D eigenvalue weighted by Crippen LogP contribution is -2.38. The van der Waals surface area contributed by atoms with Gasteiger partial charge < -0.3 is 5.32 Å². The Bertz CT molecular complexity index is 956. The van der Waals surface area contributed by atoms with Gasteiger partial charge in [0.25, 0.3) is 5.91 Å². The van der Waals surface area contributed by atoms with Crippen LogP contribution in [0, 0.1) is 11.6 Å². The van der Waals surface area contributed by atoms with E-state index in [4.69, 9.17) is 0 Å². The third kappa shape index (κ3) is 4.39. The quantitative estimate of drug-likeness (QED) is 0.808. The van der Waals surface area contributed by atoms with E-state index >= 15 is 0 Å². The van der Waals surface area contributed by atoms with Crippen molar-refractivity contribution in [3.8, 4) is 0 Å². The highest BCUT2D eigenvalue weighted by Crippen LogP contribution is 2.27. The van der Waals surface area contributed by atoms with E-state index < -0.39 is 27.6 Å². The van der Waals surface area contributed by atoms with E-state index in [1.807, 2.05) is 0 Å². The SMILES string of the molecule is CN(C1CCCCC1)S(=O)(=O)c1ccc(NC(=O)c2ccc(F)cc2F)cc1. The number of carbonyl (C=O) groups is 1. The zero-order chi connectivity index (χ0) is 20.3. The van der Waals surface area contributed by atoms with E-state index in [0.717, 1.165) is 44.2 Å². The maximum atomic E-state index is 13.7. The maximum absolute atomic E-state index is 13.7. The summed E-state index contributed by atoms with van der Waals surface area (Å²) in [6.07, 6.45) is 4.89. The average Bonchev–Trinajstić information content (AvgIpc) is 2.68. The van der Waals surface area contributed by atoms with Crippen LogP contribution >= 0.6 is 0 Å². The largest absolute Gasteiger partial charge is 0.322 e. The molecule has 0 bridgehead atoms. The van der Waals surface area contributed by atoms with Gasteiger partial charge in [-0.1, -0.05) is 19.3 Å². The molecular weight excluding hydrogens is 386 g/mol. The highest BCUT2D eigenvalue weighted by Gasteiger charge is 2.29. The van der Waals surface area contributed by atoms with Crippen LogP contribution in [0.5, 0.6) is 0 Å². The molecule has 3 rings (SSSR count). The minimum Gasteiger partial charge on any atom is -0.322 e. The molecule has 1 amide bonds. The predicted octanol–water partition coefficient (Wildman–Crippen LogP) is 4.17. The Morgan fingerprint density at radius 3 is 2.29 bits per heavy atom. The summed E-state index contributed by atoms with van der Waals surface area (Å²) in [5.74, 6) is -2.48. The summed E-state index contributed by atoms with van der Waals surface area (Å²) in [6, 6.07) is 8.39. The minimum absolute atomic E-state index is 0.000388. The van der Waals surface area contributed by atoms with E-state index in [2.05, 4.69) is 5.32 Å². The molecule has 28 heavy (non-hydrogen) atoms. The van der Waals surface area contributed by atoms with Crippen molar-refractivity contribution in [2.24, 2.45) is 0 Å². The molecule has 0 aliphatic heterocycles. The van der Waals surface area contributed by atoms with E-state index in [0.29, 0.717) is 11.8 Å². The van der Waals surface area contributed by atoms with Gasteiger partial charge in [-0.3, -0.25) is 4.79 Å². The van der Waals surface area contributed by atoms with Gasteiger partial charge in [0.1, 0.15) is 11.6 Å². The predicted molar refractivity (Wildman–Crippen MR) is 103 cm³/mol. The Labute approximate surface area is 163 Å². The molecular formula is C20H22F2N2O3S. The fraction of sp³-hybridized carbons (Fsp3) is 0.350. The number of carbonyl (C=O) groups excluding carboxylic acids is 1. The molecule has 0 radical (unpaired) electrons. The summed E-state index contributed by atoms with van der Waals surface area (Å²) in [5, 5.41) is 2.48. The molecule has 2 aromatic carbocycles. The summed E-state index contributed by atoms with van der Waals surface area (Å²) in [4.78, 5) is 12.3. The monoisotopic (exact) mass is 408 g/mol. The lowest BCUT2D eigenvalue weighted by molar-refractivity contribution is 0.102. The molecule has 1 aliphatic carbocycles. The molecule has 0 unspecified atom stereocenters. The molecule has 0 heterocycles. The fourth-order valence-corrected chi connectivity index (χ4v) is 4.81. The minimum atomic E-state index is -3.63. The van der Waals surface area contributed by atoms with Crippen molar-refractivity contribution in [3.63, 3.8) is 0 Å². The number of amides is 1. The highest BCUT2D eigenvalue weighted by atomic mass is 32.2. The second-order valence-corrected chi connectivity index (χ2v) is 8.91. The lowest BCUT2D eigenvalue weighted by atomic mass is 9.96. The van der Waals surface area contributed by atoms with Crippen LogP contribution in [0.25, 0.3) is 0 Å². The van der Waals surface area contributed by atoms with Gasteiger partial charge in [-0.25, -0.2) is 17.2 Å². The smallest absolute Gasteiger partial charge is 0.258 e. The van der Waals surface area contributed by atoms with Crippen LogP contribution in [0.3, 0.4) is 0 Å². The second kappa shape index (κ2) is 8.36. The van der Waals surface area contributed by atoms with Gasteiger partial charge in [0.2, 0.25) is 10.0 Å². The van der Waals surface area contributed by atoms with Crippen LogP contribution in [0.4, 0.5) is 14.5 Å². The Morgan fingerprint density at radius 1 is 1.04 bits per heavy atom. The van der Waals surface area contributed by atoms with Crippen molar-refractivity contribution < 1.29 is 22.0 Å². The summed E-state index contributed by atoms with van der Waals surface area (Å²) in [7, 11) is -2.03. The topological polar surface area (TPSA) is 66.5 Å². The van der Waals surface area contributed by atoms with Gasteiger partial charge in [0.15, 0.2) is 0 Å². The number of nitrogens with one attached hydrogen (secondary N) is 1. The maximum Gasteiger partial charge on any atom is 0.258 e. The van der Waals surface area contributed by atoms with Crippen LogP contribution in [-0.2, 0) is 10.0 Å². The number of anilines is 1. The van der Waals surface area contributed by atoms with Gasteiger partial charge >= 0.3 is 0 Å². The highest BCUT2D eigenvalue weighted by molar-refractivity contribution is 7.89. The van der Waals surface area contributed by atoms with Gasteiger partial charge in [-0.2, -0.15) is 4.31 Å². The Kier molecular flexibility index (Phi) is 6.10. The molecule has 0 saturated heterocycles. The van der Waals surface area contributed by atoms with Crippen LogP contribution in [0.1, 0.15) is 42.5 Å². The Morgan fingerprint density at radius 2 is 1.68 bits per heavy atom. The van der Waals surface area contributed by atoms with Crippen molar-refractivity contribution in [2.45, 2.75) is 43.0 Å². The van der Waals surface area contributed by atoms with Gasteiger partial charge in [-0.05, 0) is 49.2 Å². The molecule has 1 fully saturated rings. The van der Waals surface area contributed by atoms with Crippen molar-refractivity contribution in [1.82, 2.24) is 4.31 Å². The molecule has 150 valence electrons. The summed E-state index contributed by atoms with van der Waals surface area (Å²) in [6.45, 7) is 0. The zero-order valence-corrected chi connectivity index (χ0v) is 16.3. The summed E-state index contributed by atoms with van der Waals surface area (Å²) >= 11 is 0. The van der Waals surface area contributed by atoms with E-state index in [1.165, 1.54) is 28.6 Å². The van der Waals surface area contributed by atoms with Crippen LogP contribution in [0.15, 0.2) is 47.4 Å². The number of halogens is 2. The molecule has 0 spiro atoms. The molecule has 1 N–H and O–H groups in total. The second-order valence-electron chi connectivity index (χ2n) is 6.92. The number of sulfonamides is 1. The van der Waals surface area contributed by atoms with Gasteiger partial charge in [-0.15, -0.1) is 0 Å². The average molecular weight is 408 g/mol. The van der Waals surface area contributed by atoms with Crippen molar-refractivity contribution in [3.05, 3.63) is 59.7 Å². The number of hydrogen-bond acceptors (Lipinski definition) is 3. The summed E-state index contributed by atoms with van der Waals surface area (Å²) in [5.41, 5.74) is 0.0168. The molecule has 0 aromatic heterocycles. The first kappa shape index (κ1) is 20.4. The number of nitrogens with zero attached hydrogens (tertiary/aromatic N) is 1. The molecule has 1 aliphatic rings. The third-order valence-corrected chi connectivity index (χ3v) is 6.98. The molecule has 1 saturated carbocycles. The van der Waals surface area contributed by atoms with Gasteiger partial charge in [0, 0.05) is 24.8 Å². The molecule has 5 nitrogen and oxygen atoms in total. The van der Waals surface area contributed by atoms with Crippen molar-refractivity contribution in [2.75, 3.05) is 12.4 Å². The fourth-order valence-electron chi connectivity index (χ4n) is 3.39. The Hall–Kier alpha value is -2.32. The number of benzene rings is 2. The first-order valence-corrected chi connectivity index (χ1v) is 10.6. The normalized spacial score (nSPS) is 15.6. The molecule has 8 heteroatoms. The first-order valence-electron chi connectivity index (χ1n) is 9.13. The molecule has 2 aromatic rings. The zero-order valence-electron chi connectivity index (χ0n) is 15.5. The van der Waals surface area contributed by atoms with Crippen LogP contribution in [0.2, 0.25) is 0 Å². The van der Waals surface area contributed by atoms with E-state index in [9.17, 15) is 22.0 Å². The van der Waals surface area contributed by atoms with Crippen LogP contribution in [-0.4, -0.2) is 31.7 Å². The van der Waals surface area contributed by atoms with Crippen molar-refractivity contribution >= 4 is 21.6 Å². The Balaban J connectivity index is 1.72. The molecule has 0 atom stereocenters. The summed E-state index contributed by atoms with van der Waals surface area (Å²) < 4.78 is 53.7. The van der Waals surface area contributed by atoms with E-state index in [-0.39, 0.29) is 16.5 Å². The third-order valence-electron chi connectivity index (χ3n) is 5.05.